The maximum atomic E-state index is 12.5. The summed E-state index contributed by atoms with van der Waals surface area (Å²) in [6.07, 6.45) is 5.91. The predicted octanol–water partition coefficient (Wildman–Crippen LogP) is 1.73. The molecule has 5 heteroatoms. The van der Waals surface area contributed by atoms with E-state index in [2.05, 4.69) is 10.5 Å². The summed E-state index contributed by atoms with van der Waals surface area (Å²) in [5.41, 5.74) is 0.445. The van der Waals surface area contributed by atoms with E-state index in [-0.39, 0.29) is 5.91 Å². The highest BCUT2D eigenvalue weighted by molar-refractivity contribution is 5.92. The zero-order valence-corrected chi connectivity index (χ0v) is 11.4. The molecular weight excluding hydrogens is 242 g/mol. The van der Waals surface area contributed by atoms with Crippen LogP contribution in [0.5, 0.6) is 0 Å². The van der Waals surface area contributed by atoms with Crippen molar-refractivity contribution in [1.29, 1.82) is 0 Å². The van der Waals surface area contributed by atoms with Crippen LogP contribution in [0.25, 0.3) is 0 Å². The lowest BCUT2D eigenvalue weighted by atomic mass is 10.0. The molecule has 1 aromatic rings. The van der Waals surface area contributed by atoms with Gasteiger partial charge < -0.3 is 14.7 Å². The Hall–Kier alpha value is -1.36. The van der Waals surface area contributed by atoms with Crippen LogP contribution in [0.2, 0.25) is 0 Å². The number of piperidine rings is 1. The number of carbonyl (C=O) groups excluding carboxylic acids is 1. The molecule has 1 atom stereocenters. The number of nitrogens with one attached hydrogen (secondary N) is 1. The topological polar surface area (TPSA) is 58.4 Å². The third-order valence-corrected chi connectivity index (χ3v) is 3.93. The molecule has 0 spiro atoms. The first-order valence-corrected chi connectivity index (χ1v) is 7.22. The molecule has 1 aliphatic heterocycles. The smallest absolute Gasteiger partial charge is 0.276 e. The third-order valence-electron chi connectivity index (χ3n) is 3.93. The van der Waals surface area contributed by atoms with Gasteiger partial charge in [-0.2, -0.15) is 0 Å². The maximum absolute atomic E-state index is 12.5. The largest absolute Gasteiger partial charge is 0.361 e. The molecular formula is C14H21N3O2. The molecule has 1 saturated carbocycles. The highest BCUT2D eigenvalue weighted by Crippen LogP contribution is 2.29. The van der Waals surface area contributed by atoms with E-state index in [0.29, 0.717) is 23.5 Å². The van der Waals surface area contributed by atoms with E-state index in [4.69, 9.17) is 4.52 Å². The number of rotatable bonds is 4. The van der Waals surface area contributed by atoms with Gasteiger partial charge in [0.05, 0.1) is 0 Å². The second-order valence-corrected chi connectivity index (χ2v) is 5.66. The molecule has 1 amide bonds. The van der Waals surface area contributed by atoms with E-state index < -0.39 is 0 Å². The van der Waals surface area contributed by atoms with Crippen LogP contribution in [0.15, 0.2) is 10.6 Å². The Morgan fingerprint density at radius 1 is 1.47 bits per heavy atom. The highest BCUT2D eigenvalue weighted by atomic mass is 16.5. The molecule has 2 fully saturated rings. The summed E-state index contributed by atoms with van der Waals surface area (Å²) < 4.78 is 5.01. The van der Waals surface area contributed by atoms with Gasteiger partial charge in [-0.1, -0.05) is 11.6 Å². The lowest BCUT2D eigenvalue weighted by molar-refractivity contribution is 0.0707. The summed E-state index contributed by atoms with van der Waals surface area (Å²) in [4.78, 5) is 14.5. The van der Waals surface area contributed by atoms with E-state index >= 15 is 0 Å². The van der Waals surface area contributed by atoms with Gasteiger partial charge in [-0.05, 0) is 39.2 Å². The van der Waals surface area contributed by atoms with Crippen LogP contribution in [0.3, 0.4) is 0 Å². The Kier molecular flexibility index (Phi) is 3.55. The molecule has 2 aliphatic rings. The number of hydrogen-bond acceptors (Lipinski definition) is 4. The lowest BCUT2D eigenvalue weighted by Gasteiger charge is -2.30. The van der Waals surface area contributed by atoms with E-state index in [9.17, 15) is 4.79 Å². The SMILES string of the molecule is Cc1cc(C(=O)N(CC2CCCCN2)C2CC2)no1. The average molecular weight is 263 g/mol. The van der Waals surface area contributed by atoms with E-state index in [0.717, 1.165) is 32.4 Å². The molecule has 1 unspecified atom stereocenters. The predicted molar refractivity (Wildman–Crippen MR) is 70.9 cm³/mol. The molecule has 0 radical (unpaired) electrons. The molecule has 1 aliphatic carbocycles. The van der Waals surface area contributed by atoms with Crippen LogP contribution in [0.4, 0.5) is 0 Å². The van der Waals surface area contributed by atoms with Crippen LogP contribution in [-0.4, -0.2) is 41.1 Å². The molecule has 5 nitrogen and oxygen atoms in total. The molecule has 104 valence electrons. The zero-order valence-electron chi connectivity index (χ0n) is 11.4. The number of carbonyl (C=O) groups is 1. The second-order valence-electron chi connectivity index (χ2n) is 5.66. The quantitative estimate of drug-likeness (QED) is 0.898. The summed E-state index contributed by atoms with van der Waals surface area (Å²) in [6, 6.07) is 2.57. The van der Waals surface area contributed by atoms with Crippen molar-refractivity contribution in [3.05, 3.63) is 17.5 Å². The van der Waals surface area contributed by atoms with Crippen molar-refractivity contribution in [3.8, 4) is 0 Å². The standard InChI is InChI=1S/C14H21N3O2/c1-10-8-13(16-19-10)14(18)17(12-5-6-12)9-11-4-2-3-7-15-11/h8,11-12,15H,2-7,9H2,1H3. The first-order chi connectivity index (χ1) is 9.24. The van der Waals surface area contributed by atoms with Gasteiger partial charge in [0.15, 0.2) is 5.69 Å². The first-order valence-electron chi connectivity index (χ1n) is 7.22. The van der Waals surface area contributed by atoms with Gasteiger partial charge in [-0.3, -0.25) is 4.79 Å². The minimum absolute atomic E-state index is 0.0201. The van der Waals surface area contributed by atoms with Gasteiger partial charge >= 0.3 is 0 Å². The minimum atomic E-state index is 0.0201. The fourth-order valence-corrected chi connectivity index (χ4v) is 2.72. The second kappa shape index (κ2) is 5.33. The van der Waals surface area contributed by atoms with Gasteiger partial charge in [0.1, 0.15) is 5.76 Å². The van der Waals surface area contributed by atoms with E-state index in [1.165, 1.54) is 12.8 Å². The van der Waals surface area contributed by atoms with Crippen molar-refractivity contribution < 1.29 is 9.32 Å². The summed E-state index contributed by atoms with van der Waals surface area (Å²) >= 11 is 0. The van der Waals surface area contributed by atoms with Crippen molar-refractivity contribution in [2.45, 2.75) is 51.1 Å². The van der Waals surface area contributed by atoms with Crippen LogP contribution < -0.4 is 5.32 Å². The average Bonchev–Trinajstić information content (AvgIpc) is 3.18. The Morgan fingerprint density at radius 3 is 2.89 bits per heavy atom. The van der Waals surface area contributed by atoms with E-state index in [1.807, 2.05) is 11.8 Å². The molecule has 19 heavy (non-hydrogen) atoms. The molecule has 0 aromatic carbocycles. The Morgan fingerprint density at radius 2 is 2.32 bits per heavy atom. The highest BCUT2D eigenvalue weighted by Gasteiger charge is 2.35. The fourth-order valence-electron chi connectivity index (χ4n) is 2.72. The minimum Gasteiger partial charge on any atom is -0.361 e. The monoisotopic (exact) mass is 263 g/mol. The van der Waals surface area contributed by atoms with Crippen LogP contribution in [0.1, 0.15) is 48.4 Å². The van der Waals surface area contributed by atoms with Crippen LogP contribution in [0, 0.1) is 6.92 Å². The maximum Gasteiger partial charge on any atom is 0.276 e. The van der Waals surface area contributed by atoms with Gasteiger partial charge in [-0.25, -0.2) is 0 Å². The van der Waals surface area contributed by atoms with Crippen molar-refractivity contribution in [2.24, 2.45) is 0 Å². The lowest BCUT2D eigenvalue weighted by Crippen LogP contribution is -2.46. The summed E-state index contributed by atoms with van der Waals surface area (Å²) in [6.45, 7) is 3.68. The number of nitrogens with zero attached hydrogens (tertiary/aromatic N) is 2. The van der Waals surface area contributed by atoms with Crippen molar-refractivity contribution in [1.82, 2.24) is 15.4 Å². The Labute approximate surface area is 113 Å². The van der Waals surface area contributed by atoms with Gasteiger partial charge in [0.25, 0.3) is 5.91 Å². The molecule has 3 rings (SSSR count). The van der Waals surface area contributed by atoms with Gasteiger partial charge in [0.2, 0.25) is 0 Å². The molecule has 1 saturated heterocycles. The van der Waals surface area contributed by atoms with Crippen molar-refractivity contribution in [2.75, 3.05) is 13.1 Å². The summed E-state index contributed by atoms with van der Waals surface area (Å²) in [5.74, 6) is 0.710. The molecule has 0 bridgehead atoms. The van der Waals surface area contributed by atoms with Crippen molar-refractivity contribution >= 4 is 5.91 Å². The molecule has 1 aromatic heterocycles. The number of amides is 1. The number of aromatic nitrogens is 1. The zero-order chi connectivity index (χ0) is 13.2. The number of hydrogen-bond donors (Lipinski definition) is 1. The number of aryl methyl sites for hydroxylation is 1. The van der Waals surface area contributed by atoms with Gasteiger partial charge in [0, 0.05) is 24.7 Å². The molecule has 1 N–H and O–H groups in total. The fraction of sp³-hybridized carbons (Fsp3) is 0.714. The van der Waals surface area contributed by atoms with Crippen molar-refractivity contribution in [3.63, 3.8) is 0 Å². The van der Waals surface area contributed by atoms with Crippen LogP contribution in [-0.2, 0) is 0 Å². The molecule has 2 heterocycles. The third kappa shape index (κ3) is 2.97. The normalized spacial score (nSPS) is 23.3. The first kappa shape index (κ1) is 12.7. The Balaban J connectivity index is 1.68. The van der Waals surface area contributed by atoms with Gasteiger partial charge in [-0.15, -0.1) is 0 Å². The van der Waals surface area contributed by atoms with Crippen LogP contribution >= 0.6 is 0 Å². The summed E-state index contributed by atoms with van der Waals surface area (Å²) in [5, 5.41) is 7.36. The van der Waals surface area contributed by atoms with E-state index in [1.54, 1.807) is 6.07 Å². The summed E-state index contributed by atoms with van der Waals surface area (Å²) in [7, 11) is 0. The Bertz CT molecular complexity index is 447.